The van der Waals surface area contributed by atoms with E-state index < -0.39 is 17.6 Å². The van der Waals surface area contributed by atoms with E-state index in [0.29, 0.717) is 4.47 Å². The average molecular weight is 428 g/mol. The van der Waals surface area contributed by atoms with Gasteiger partial charge in [-0.15, -0.1) is 0 Å². The molecule has 0 aliphatic carbocycles. The summed E-state index contributed by atoms with van der Waals surface area (Å²) in [5.74, 6) is -0.450. The second kappa shape index (κ2) is 6.36. The quantitative estimate of drug-likeness (QED) is 0.413. The normalized spacial score (nSPS) is 11.5. The van der Waals surface area contributed by atoms with Gasteiger partial charge in [-0.2, -0.15) is 13.2 Å². The monoisotopic (exact) mass is 426 g/mol. The maximum atomic E-state index is 13.2. The first-order chi connectivity index (χ1) is 9.81. The molecule has 0 unspecified atom stereocenters. The molecule has 0 atom stereocenters. The van der Waals surface area contributed by atoms with Crippen LogP contribution in [0.3, 0.4) is 0 Å². The van der Waals surface area contributed by atoms with E-state index in [1.165, 1.54) is 24.3 Å². The number of halogens is 6. The van der Waals surface area contributed by atoms with Gasteiger partial charge < -0.3 is 4.74 Å². The average Bonchev–Trinajstić information content (AvgIpc) is 2.42. The number of benzene rings is 2. The number of ether oxygens (including phenoxy) is 1. The molecule has 7 heteroatoms. The number of alkyl halides is 4. The van der Waals surface area contributed by atoms with E-state index in [2.05, 4.69) is 31.9 Å². The minimum atomic E-state index is -4.48. The van der Waals surface area contributed by atoms with Crippen molar-refractivity contribution in [1.29, 1.82) is 0 Å². The summed E-state index contributed by atoms with van der Waals surface area (Å²) in [4.78, 5) is 0. The topological polar surface area (TPSA) is 9.23 Å². The Kier molecular flexibility index (Phi) is 4.93. The predicted octanol–water partition coefficient (Wildman–Crippen LogP) is 6.29. The Bertz CT molecular complexity index is 656. The first kappa shape index (κ1) is 16.3. The maximum Gasteiger partial charge on any atom is 0.416 e. The molecule has 2 rings (SSSR count). The molecule has 0 aliphatic rings. The van der Waals surface area contributed by atoms with E-state index in [4.69, 9.17) is 4.74 Å². The van der Waals surface area contributed by atoms with Gasteiger partial charge in [0.15, 0.2) is 0 Å². The van der Waals surface area contributed by atoms with Crippen LogP contribution in [0, 0.1) is 5.82 Å². The zero-order valence-electron chi connectivity index (χ0n) is 10.3. The third-order valence-electron chi connectivity index (χ3n) is 2.65. The van der Waals surface area contributed by atoms with Crippen LogP contribution in [-0.2, 0) is 11.5 Å². The summed E-state index contributed by atoms with van der Waals surface area (Å²) < 4.78 is 57.8. The molecular formula is C14H8Br2F4O. The molecule has 0 amide bonds. The standard InChI is InChI=1S/C14H8Br2F4O/c15-7-8-1-3-10(6-11(8)14(18,19)20)21-13-5-9(17)2-4-12(13)16/h1-6H,7H2. The van der Waals surface area contributed by atoms with Gasteiger partial charge in [0.1, 0.15) is 17.3 Å². The molecule has 0 radical (unpaired) electrons. The van der Waals surface area contributed by atoms with Crippen molar-refractivity contribution in [3.05, 3.63) is 57.8 Å². The molecule has 0 heterocycles. The molecule has 112 valence electrons. The van der Waals surface area contributed by atoms with E-state index in [9.17, 15) is 17.6 Å². The van der Waals surface area contributed by atoms with Crippen molar-refractivity contribution < 1.29 is 22.3 Å². The van der Waals surface area contributed by atoms with E-state index >= 15 is 0 Å². The van der Waals surface area contributed by atoms with E-state index in [0.717, 1.165) is 12.1 Å². The molecule has 0 aliphatic heterocycles. The largest absolute Gasteiger partial charge is 0.456 e. The number of hydrogen-bond acceptors (Lipinski definition) is 1. The highest BCUT2D eigenvalue weighted by atomic mass is 79.9. The highest BCUT2D eigenvalue weighted by Gasteiger charge is 2.33. The zero-order valence-corrected chi connectivity index (χ0v) is 13.5. The summed E-state index contributed by atoms with van der Waals surface area (Å²) >= 11 is 6.17. The highest BCUT2D eigenvalue weighted by molar-refractivity contribution is 9.10. The lowest BCUT2D eigenvalue weighted by molar-refractivity contribution is -0.138. The molecule has 21 heavy (non-hydrogen) atoms. The van der Waals surface area contributed by atoms with Gasteiger partial charge in [0.2, 0.25) is 0 Å². The van der Waals surface area contributed by atoms with Gasteiger partial charge in [0, 0.05) is 11.4 Å². The van der Waals surface area contributed by atoms with Crippen molar-refractivity contribution >= 4 is 31.9 Å². The molecule has 0 saturated heterocycles. The molecule has 0 bridgehead atoms. The fourth-order valence-electron chi connectivity index (χ4n) is 1.68. The fourth-order valence-corrected chi connectivity index (χ4v) is 2.50. The van der Waals surface area contributed by atoms with Crippen LogP contribution in [0.15, 0.2) is 40.9 Å². The van der Waals surface area contributed by atoms with Crippen LogP contribution < -0.4 is 4.74 Å². The summed E-state index contributed by atoms with van der Waals surface area (Å²) in [7, 11) is 0. The Labute approximate surface area is 135 Å². The molecule has 2 aromatic rings. The summed E-state index contributed by atoms with van der Waals surface area (Å²) in [6.07, 6.45) is -4.48. The van der Waals surface area contributed by atoms with Gasteiger partial charge in [-0.3, -0.25) is 0 Å². The third-order valence-corrected chi connectivity index (χ3v) is 3.91. The first-order valence-corrected chi connectivity index (χ1v) is 7.61. The summed E-state index contributed by atoms with van der Waals surface area (Å²) in [6.45, 7) is 0. The lowest BCUT2D eigenvalue weighted by atomic mass is 10.1. The van der Waals surface area contributed by atoms with Crippen LogP contribution in [-0.4, -0.2) is 0 Å². The van der Waals surface area contributed by atoms with Gasteiger partial charge in [-0.25, -0.2) is 4.39 Å². The van der Waals surface area contributed by atoms with Gasteiger partial charge >= 0.3 is 6.18 Å². The Morgan fingerprint density at radius 2 is 1.76 bits per heavy atom. The Morgan fingerprint density at radius 1 is 1.05 bits per heavy atom. The molecule has 0 N–H and O–H groups in total. The number of hydrogen-bond donors (Lipinski definition) is 0. The van der Waals surface area contributed by atoms with Crippen molar-refractivity contribution in [2.75, 3.05) is 0 Å². The summed E-state index contributed by atoms with van der Waals surface area (Å²) in [5, 5.41) is 0.0752. The molecule has 0 fully saturated rings. The Hall–Kier alpha value is -1.08. The van der Waals surface area contributed by atoms with Crippen LogP contribution in [0.4, 0.5) is 17.6 Å². The van der Waals surface area contributed by atoms with Crippen molar-refractivity contribution in [2.24, 2.45) is 0 Å². The van der Waals surface area contributed by atoms with E-state index in [1.54, 1.807) is 0 Å². The van der Waals surface area contributed by atoms with Gasteiger partial charge in [0.05, 0.1) is 10.0 Å². The molecule has 0 spiro atoms. The lowest BCUT2D eigenvalue weighted by Crippen LogP contribution is -2.08. The van der Waals surface area contributed by atoms with Crippen LogP contribution in [0.1, 0.15) is 11.1 Å². The zero-order chi connectivity index (χ0) is 15.6. The third kappa shape index (κ3) is 3.97. The van der Waals surface area contributed by atoms with Crippen LogP contribution >= 0.6 is 31.9 Å². The van der Waals surface area contributed by atoms with Crippen LogP contribution in [0.2, 0.25) is 0 Å². The molecular weight excluding hydrogens is 420 g/mol. The van der Waals surface area contributed by atoms with Crippen molar-refractivity contribution in [3.8, 4) is 11.5 Å². The maximum absolute atomic E-state index is 13.2. The molecule has 2 aromatic carbocycles. The Morgan fingerprint density at radius 3 is 2.38 bits per heavy atom. The minimum absolute atomic E-state index is 0.0154. The summed E-state index contributed by atoms with van der Waals surface area (Å²) in [5.41, 5.74) is -0.683. The van der Waals surface area contributed by atoms with Crippen molar-refractivity contribution in [3.63, 3.8) is 0 Å². The smallest absolute Gasteiger partial charge is 0.416 e. The minimum Gasteiger partial charge on any atom is -0.456 e. The van der Waals surface area contributed by atoms with E-state index in [1.807, 2.05) is 0 Å². The Balaban J connectivity index is 2.39. The first-order valence-electron chi connectivity index (χ1n) is 5.70. The second-order valence-electron chi connectivity index (χ2n) is 4.13. The second-order valence-corrected chi connectivity index (χ2v) is 5.54. The fraction of sp³-hybridized carbons (Fsp3) is 0.143. The van der Waals surface area contributed by atoms with Crippen LogP contribution in [0.5, 0.6) is 11.5 Å². The highest BCUT2D eigenvalue weighted by Crippen LogP contribution is 2.37. The SMILES string of the molecule is Fc1ccc(Br)c(Oc2ccc(CBr)c(C(F)(F)F)c2)c1. The van der Waals surface area contributed by atoms with E-state index in [-0.39, 0.29) is 22.4 Å². The summed E-state index contributed by atoms with van der Waals surface area (Å²) in [6, 6.07) is 7.35. The molecule has 1 nitrogen and oxygen atoms in total. The van der Waals surface area contributed by atoms with Gasteiger partial charge in [-0.1, -0.05) is 22.0 Å². The van der Waals surface area contributed by atoms with Gasteiger partial charge in [0.25, 0.3) is 0 Å². The van der Waals surface area contributed by atoms with Crippen molar-refractivity contribution in [2.45, 2.75) is 11.5 Å². The molecule has 0 saturated carbocycles. The van der Waals surface area contributed by atoms with Crippen LogP contribution in [0.25, 0.3) is 0 Å². The lowest BCUT2D eigenvalue weighted by Gasteiger charge is -2.14. The van der Waals surface area contributed by atoms with Gasteiger partial charge in [-0.05, 0) is 45.8 Å². The van der Waals surface area contributed by atoms with Crippen molar-refractivity contribution in [1.82, 2.24) is 0 Å². The molecule has 0 aromatic heterocycles. The number of rotatable bonds is 3. The predicted molar refractivity (Wildman–Crippen MR) is 78.2 cm³/mol.